The van der Waals surface area contributed by atoms with Crippen LogP contribution in [0.2, 0.25) is 0 Å². The van der Waals surface area contributed by atoms with Gasteiger partial charge in [0, 0.05) is 24.8 Å². The molecule has 0 aliphatic carbocycles. The Morgan fingerprint density at radius 1 is 1.05 bits per heavy atom. The molecule has 0 radical (unpaired) electrons. The van der Waals surface area contributed by atoms with Gasteiger partial charge >= 0.3 is 0 Å². The summed E-state index contributed by atoms with van der Waals surface area (Å²) >= 11 is 0. The number of hydrogen-bond acceptors (Lipinski definition) is 5. The molecule has 1 fully saturated rings. The minimum atomic E-state index is 0.252. The fourth-order valence-electron chi connectivity index (χ4n) is 2.76. The number of aromatic hydroxyl groups is 1. The molecule has 1 aliphatic rings. The summed E-state index contributed by atoms with van der Waals surface area (Å²) in [5.74, 6) is 1.28. The number of fused-ring (bicyclic) bond motifs is 1. The summed E-state index contributed by atoms with van der Waals surface area (Å²) in [6, 6.07) is 9.06. The molecular weight excluding hydrogens is 280 g/mol. The van der Waals surface area contributed by atoms with Gasteiger partial charge in [-0.25, -0.2) is 4.98 Å². The Kier molecular flexibility index (Phi) is 3.16. The van der Waals surface area contributed by atoms with Gasteiger partial charge in [0.2, 0.25) is 0 Å². The maximum atomic E-state index is 9.43. The van der Waals surface area contributed by atoms with Crippen LogP contribution in [0.25, 0.3) is 16.8 Å². The third-order valence-corrected chi connectivity index (χ3v) is 3.89. The predicted octanol–water partition coefficient (Wildman–Crippen LogP) is 1.94. The van der Waals surface area contributed by atoms with Gasteiger partial charge in [-0.1, -0.05) is 12.1 Å². The van der Waals surface area contributed by atoms with Gasteiger partial charge in [0.05, 0.1) is 19.4 Å². The number of phenolic OH excluding ortho intramolecular Hbond substituents is 1. The van der Waals surface area contributed by atoms with Gasteiger partial charge in [0.1, 0.15) is 11.6 Å². The van der Waals surface area contributed by atoms with Gasteiger partial charge in [-0.3, -0.25) is 0 Å². The molecule has 0 amide bonds. The smallest absolute Gasteiger partial charge is 0.165 e. The maximum absolute atomic E-state index is 9.43. The van der Waals surface area contributed by atoms with Crippen molar-refractivity contribution in [1.29, 1.82) is 0 Å². The molecule has 1 aromatic carbocycles. The summed E-state index contributed by atoms with van der Waals surface area (Å²) in [5.41, 5.74) is 2.75. The molecule has 3 heterocycles. The molecule has 0 spiro atoms. The summed E-state index contributed by atoms with van der Waals surface area (Å²) in [5, 5.41) is 13.9. The number of aromatic nitrogens is 3. The first kappa shape index (κ1) is 13.1. The zero-order valence-corrected chi connectivity index (χ0v) is 12.0. The summed E-state index contributed by atoms with van der Waals surface area (Å²) in [4.78, 5) is 6.73. The highest BCUT2D eigenvalue weighted by atomic mass is 16.5. The highest BCUT2D eigenvalue weighted by Gasteiger charge is 2.17. The van der Waals surface area contributed by atoms with E-state index in [0.717, 1.165) is 48.9 Å². The van der Waals surface area contributed by atoms with E-state index in [0.29, 0.717) is 0 Å². The third kappa shape index (κ3) is 2.17. The lowest BCUT2D eigenvalue weighted by molar-refractivity contribution is 0.122. The van der Waals surface area contributed by atoms with Crippen molar-refractivity contribution in [2.45, 2.75) is 0 Å². The van der Waals surface area contributed by atoms with Crippen molar-refractivity contribution < 1.29 is 9.84 Å². The number of hydrogen-bond donors (Lipinski definition) is 1. The van der Waals surface area contributed by atoms with Crippen LogP contribution in [0.5, 0.6) is 5.75 Å². The molecule has 1 aliphatic heterocycles. The van der Waals surface area contributed by atoms with E-state index < -0.39 is 0 Å². The van der Waals surface area contributed by atoms with Crippen LogP contribution in [-0.2, 0) is 4.74 Å². The minimum Gasteiger partial charge on any atom is -0.508 e. The van der Waals surface area contributed by atoms with Gasteiger partial charge in [0.25, 0.3) is 0 Å². The van der Waals surface area contributed by atoms with E-state index in [1.54, 1.807) is 12.1 Å². The first-order valence-electron chi connectivity index (χ1n) is 7.28. The van der Waals surface area contributed by atoms with Gasteiger partial charge < -0.3 is 14.7 Å². The van der Waals surface area contributed by atoms with Crippen molar-refractivity contribution in [3.8, 4) is 16.9 Å². The Bertz CT molecular complexity index is 792. The second-order valence-corrected chi connectivity index (χ2v) is 5.24. The van der Waals surface area contributed by atoms with Crippen molar-refractivity contribution in [2.24, 2.45) is 0 Å². The molecule has 112 valence electrons. The van der Waals surface area contributed by atoms with Crippen molar-refractivity contribution in [3.05, 3.63) is 42.7 Å². The van der Waals surface area contributed by atoms with Gasteiger partial charge in [0.15, 0.2) is 5.65 Å². The average molecular weight is 296 g/mol. The van der Waals surface area contributed by atoms with Crippen LogP contribution in [0.3, 0.4) is 0 Å². The summed E-state index contributed by atoms with van der Waals surface area (Å²) in [7, 11) is 0. The topological polar surface area (TPSA) is 62.9 Å². The highest BCUT2D eigenvalue weighted by molar-refractivity contribution is 5.78. The van der Waals surface area contributed by atoms with Crippen LogP contribution >= 0.6 is 0 Å². The minimum absolute atomic E-state index is 0.252. The van der Waals surface area contributed by atoms with Crippen molar-refractivity contribution in [2.75, 3.05) is 31.2 Å². The SMILES string of the molecule is Oc1ccc(-c2cnn3c(N4CCOCC4)ccnc23)cc1. The van der Waals surface area contributed by atoms with Crippen LogP contribution in [0.1, 0.15) is 0 Å². The molecule has 0 saturated carbocycles. The molecule has 1 saturated heterocycles. The van der Waals surface area contributed by atoms with Crippen LogP contribution in [0.15, 0.2) is 42.7 Å². The first-order chi connectivity index (χ1) is 10.8. The first-order valence-corrected chi connectivity index (χ1v) is 7.28. The van der Waals surface area contributed by atoms with E-state index in [-0.39, 0.29) is 5.75 Å². The van der Waals surface area contributed by atoms with E-state index in [1.165, 1.54) is 0 Å². The maximum Gasteiger partial charge on any atom is 0.165 e. The second-order valence-electron chi connectivity index (χ2n) is 5.24. The van der Waals surface area contributed by atoms with Crippen LogP contribution < -0.4 is 4.90 Å². The molecule has 6 nitrogen and oxygen atoms in total. The molecule has 3 aromatic rings. The number of phenols is 1. The number of ether oxygens (including phenoxy) is 1. The monoisotopic (exact) mass is 296 g/mol. The Balaban J connectivity index is 1.80. The summed E-state index contributed by atoms with van der Waals surface area (Å²) < 4.78 is 7.28. The molecule has 0 unspecified atom stereocenters. The van der Waals surface area contributed by atoms with E-state index in [1.807, 2.05) is 35.1 Å². The zero-order valence-electron chi connectivity index (χ0n) is 12.0. The lowest BCUT2D eigenvalue weighted by atomic mass is 10.1. The number of nitrogens with zero attached hydrogens (tertiary/aromatic N) is 4. The molecule has 22 heavy (non-hydrogen) atoms. The van der Waals surface area contributed by atoms with Gasteiger partial charge in [-0.05, 0) is 23.8 Å². The Morgan fingerprint density at radius 3 is 2.59 bits per heavy atom. The zero-order chi connectivity index (χ0) is 14.9. The molecule has 0 atom stereocenters. The average Bonchev–Trinajstić information content (AvgIpc) is 3.00. The van der Waals surface area contributed by atoms with Crippen molar-refractivity contribution in [1.82, 2.24) is 14.6 Å². The molecule has 2 aromatic heterocycles. The predicted molar refractivity (Wildman–Crippen MR) is 83.1 cm³/mol. The molecule has 0 bridgehead atoms. The van der Waals surface area contributed by atoms with Crippen LogP contribution in [-0.4, -0.2) is 46.0 Å². The highest BCUT2D eigenvalue weighted by Crippen LogP contribution is 2.27. The molecular formula is C16H16N4O2. The Hall–Kier alpha value is -2.60. The molecule has 6 heteroatoms. The Labute approximate surface area is 127 Å². The number of benzene rings is 1. The molecule has 1 N–H and O–H groups in total. The fraction of sp³-hybridized carbons (Fsp3) is 0.250. The van der Waals surface area contributed by atoms with Crippen LogP contribution in [0, 0.1) is 0 Å². The second kappa shape index (κ2) is 5.31. The number of morpholine rings is 1. The van der Waals surface area contributed by atoms with Gasteiger partial charge in [-0.15, -0.1) is 0 Å². The standard InChI is InChI=1S/C16H16N4O2/c21-13-3-1-12(2-4-13)14-11-18-20-15(5-6-17-16(14)20)19-7-9-22-10-8-19/h1-6,11,21H,7-10H2. The van der Waals surface area contributed by atoms with E-state index >= 15 is 0 Å². The van der Waals surface area contributed by atoms with Crippen molar-refractivity contribution in [3.63, 3.8) is 0 Å². The van der Waals surface area contributed by atoms with Crippen molar-refractivity contribution >= 4 is 11.5 Å². The van der Waals surface area contributed by atoms with E-state index in [9.17, 15) is 5.11 Å². The lowest BCUT2D eigenvalue weighted by Crippen LogP contribution is -2.37. The number of rotatable bonds is 2. The fourth-order valence-corrected chi connectivity index (χ4v) is 2.76. The third-order valence-electron chi connectivity index (χ3n) is 3.89. The van der Waals surface area contributed by atoms with E-state index in [2.05, 4.69) is 15.0 Å². The van der Waals surface area contributed by atoms with Gasteiger partial charge in [-0.2, -0.15) is 9.61 Å². The Morgan fingerprint density at radius 2 is 1.82 bits per heavy atom. The quantitative estimate of drug-likeness (QED) is 0.783. The largest absolute Gasteiger partial charge is 0.508 e. The summed E-state index contributed by atoms with van der Waals surface area (Å²) in [6.07, 6.45) is 3.63. The molecule has 4 rings (SSSR count). The lowest BCUT2D eigenvalue weighted by Gasteiger charge is -2.28. The summed E-state index contributed by atoms with van der Waals surface area (Å²) in [6.45, 7) is 3.17. The number of anilines is 1. The van der Waals surface area contributed by atoms with Crippen LogP contribution in [0.4, 0.5) is 5.82 Å². The normalized spacial score (nSPS) is 15.4. The van der Waals surface area contributed by atoms with E-state index in [4.69, 9.17) is 4.74 Å².